The van der Waals surface area contributed by atoms with Gasteiger partial charge in [-0.3, -0.25) is 4.79 Å². The molecule has 0 unspecified atom stereocenters. The molecule has 0 saturated heterocycles. The number of rotatable bonds is 6. The second-order valence-corrected chi connectivity index (χ2v) is 5.14. The Bertz CT molecular complexity index is 931. The zero-order valence-corrected chi connectivity index (χ0v) is 13.3. The van der Waals surface area contributed by atoms with Gasteiger partial charge in [0.2, 0.25) is 17.5 Å². The molecule has 0 radical (unpaired) electrons. The van der Waals surface area contributed by atoms with Crippen LogP contribution in [0.2, 0.25) is 0 Å². The number of ketones is 1. The highest BCUT2D eigenvalue weighted by atomic mass is 16.5. The zero-order chi connectivity index (χ0) is 17.8. The van der Waals surface area contributed by atoms with Crippen molar-refractivity contribution in [3.63, 3.8) is 0 Å². The lowest BCUT2D eigenvalue weighted by atomic mass is 10.2. The normalized spacial score (nSPS) is 10.5. The summed E-state index contributed by atoms with van der Waals surface area (Å²) in [4.78, 5) is 12.8. The second-order valence-electron chi connectivity index (χ2n) is 5.14. The zero-order valence-electron chi connectivity index (χ0n) is 13.3. The van der Waals surface area contributed by atoms with E-state index < -0.39 is 5.78 Å². The number of aromatic amines is 2. The smallest absolute Gasteiger partial charge is 0.247 e. The van der Waals surface area contributed by atoms with Crippen molar-refractivity contribution in [3.05, 3.63) is 72.1 Å². The van der Waals surface area contributed by atoms with Gasteiger partial charge in [-0.25, -0.2) is 10.2 Å². The summed E-state index contributed by atoms with van der Waals surface area (Å²) in [7, 11) is 0. The number of ether oxygens (including phenoxy) is 2. The van der Waals surface area contributed by atoms with Gasteiger partial charge in [0, 0.05) is 0 Å². The predicted octanol–water partition coefficient (Wildman–Crippen LogP) is 2.74. The van der Waals surface area contributed by atoms with Crippen LogP contribution in [-0.2, 0) is 0 Å². The molecule has 2 aromatic heterocycles. The molecule has 2 heterocycles. The Balaban J connectivity index is 1.60. The van der Waals surface area contributed by atoms with E-state index in [0.29, 0.717) is 11.5 Å². The highest BCUT2D eigenvalue weighted by molar-refractivity contribution is 6.09. The quantitative estimate of drug-likeness (QED) is 0.514. The first-order valence-electron chi connectivity index (χ1n) is 7.64. The van der Waals surface area contributed by atoms with Gasteiger partial charge >= 0.3 is 0 Å². The lowest BCUT2D eigenvalue weighted by molar-refractivity contribution is 0.102. The fraction of sp³-hybridized carbons (Fsp3) is 0. The summed E-state index contributed by atoms with van der Waals surface area (Å²) in [5.41, 5.74) is -0.0543. The maximum atomic E-state index is 12.8. The van der Waals surface area contributed by atoms with Gasteiger partial charge in [-0.1, -0.05) is 46.8 Å². The van der Waals surface area contributed by atoms with Crippen LogP contribution in [0.5, 0.6) is 23.3 Å². The third kappa shape index (κ3) is 3.13. The summed E-state index contributed by atoms with van der Waals surface area (Å²) in [6.07, 6.45) is 0. The Morgan fingerprint density at radius 1 is 0.692 bits per heavy atom. The number of H-pyrrole nitrogens is 2. The van der Waals surface area contributed by atoms with Crippen LogP contribution in [0.15, 0.2) is 60.7 Å². The number of nitrogens with zero attached hydrogens (tertiary/aromatic N) is 4. The van der Waals surface area contributed by atoms with Crippen LogP contribution in [0.25, 0.3) is 0 Å². The molecule has 26 heavy (non-hydrogen) atoms. The van der Waals surface area contributed by atoms with E-state index in [9.17, 15) is 4.79 Å². The van der Waals surface area contributed by atoms with Gasteiger partial charge in [0.25, 0.3) is 0 Å². The number of aromatic nitrogens is 6. The van der Waals surface area contributed by atoms with E-state index in [4.69, 9.17) is 9.47 Å². The first-order chi connectivity index (χ1) is 12.8. The summed E-state index contributed by atoms with van der Waals surface area (Å²) in [5, 5.41) is 20.0. The second kappa shape index (κ2) is 6.85. The molecule has 128 valence electrons. The van der Waals surface area contributed by atoms with Crippen molar-refractivity contribution in [2.24, 2.45) is 0 Å². The SMILES string of the molecule is O=C(c1nn[nH]c1Oc1ccccc1)c1nn[nH]c1Oc1ccccc1. The molecule has 0 aliphatic carbocycles. The van der Waals surface area contributed by atoms with Crippen molar-refractivity contribution in [1.29, 1.82) is 0 Å². The van der Waals surface area contributed by atoms with Crippen LogP contribution in [0.1, 0.15) is 16.2 Å². The monoisotopic (exact) mass is 348 g/mol. The van der Waals surface area contributed by atoms with E-state index in [1.54, 1.807) is 24.3 Å². The molecule has 4 aromatic rings. The summed E-state index contributed by atoms with van der Waals surface area (Å²) < 4.78 is 11.3. The molecule has 2 aromatic carbocycles. The molecule has 0 bridgehead atoms. The Morgan fingerprint density at radius 2 is 1.12 bits per heavy atom. The Morgan fingerprint density at radius 3 is 1.54 bits per heavy atom. The van der Waals surface area contributed by atoms with Gasteiger partial charge in [0.05, 0.1) is 0 Å². The van der Waals surface area contributed by atoms with Crippen LogP contribution in [0, 0.1) is 0 Å². The number of carbonyl (C=O) groups is 1. The third-order valence-electron chi connectivity index (χ3n) is 3.39. The van der Waals surface area contributed by atoms with Crippen molar-refractivity contribution in [2.45, 2.75) is 0 Å². The summed E-state index contributed by atoms with van der Waals surface area (Å²) in [6, 6.07) is 17.9. The number of benzene rings is 2. The predicted molar refractivity (Wildman–Crippen MR) is 89.2 cm³/mol. The minimum Gasteiger partial charge on any atom is -0.437 e. The van der Waals surface area contributed by atoms with Crippen LogP contribution in [0.3, 0.4) is 0 Å². The minimum absolute atomic E-state index is 0.0272. The summed E-state index contributed by atoms with van der Waals surface area (Å²) in [6.45, 7) is 0. The average Bonchev–Trinajstić information content (AvgIpc) is 3.32. The molecular weight excluding hydrogens is 336 g/mol. The maximum absolute atomic E-state index is 12.8. The van der Waals surface area contributed by atoms with Crippen molar-refractivity contribution in [3.8, 4) is 23.3 Å². The van der Waals surface area contributed by atoms with Crippen LogP contribution >= 0.6 is 0 Å². The number of nitrogens with one attached hydrogen (secondary N) is 2. The van der Waals surface area contributed by atoms with Crippen molar-refractivity contribution < 1.29 is 14.3 Å². The van der Waals surface area contributed by atoms with Gasteiger partial charge in [-0.05, 0) is 24.3 Å². The molecule has 4 rings (SSSR count). The molecule has 0 spiro atoms. The largest absolute Gasteiger partial charge is 0.437 e. The van der Waals surface area contributed by atoms with Gasteiger partial charge in [-0.2, -0.15) is 0 Å². The molecule has 0 aliphatic heterocycles. The van der Waals surface area contributed by atoms with Gasteiger partial charge in [0.15, 0.2) is 11.4 Å². The van der Waals surface area contributed by atoms with E-state index in [1.165, 1.54) is 0 Å². The molecular formula is C17H12N6O3. The first-order valence-corrected chi connectivity index (χ1v) is 7.64. The van der Waals surface area contributed by atoms with Crippen LogP contribution < -0.4 is 9.47 Å². The van der Waals surface area contributed by atoms with E-state index in [-0.39, 0.29) is 23.1 Å². The molecule has 9 heteroatoms. The molecule has 2 N–H and O–H groups in total. The number of carbonyl (C=O) groups excluding carboxylic acids is 1. The van der Waals surface area contributed by atoms with E-state index in [1.807, 2.05) is 36.4 Å². The lowest BCUT2D eigenvalue weighted by Crippen LogP contribution is -2.06. The van der Waals surface area contributed by atoms with Crippen molar-refractivity contribution >= 4 is 5.78 Å². The highest BCUT2D eigenvalue weighted by Gasteiger charge is 2.26. The van der Waals surface area contributed by atoms with E-state index >= 15 is 0 Å². The van der Waals surface area contributed by atoms with Crippen LogP contribution in [0.4, 0.5) is 0 Å². The molecule has 9 nitrogen and oxygen atoms in total. The third-order valence-corrected chi connectivity index (χ3v) is 3.39. The topological polar surface area (TPSA) is 119 Å². The number of hydrogen-bond acceptors (Lipinski definition) is 7. The van der Waals surface area contributed by atoms with Crippen molar-refractivity contribution in [2.75, 3.05) is 0 Å². The molecule has 0 fully saturated rings. The Hall–Kier alpha value is -4.01. The highest BCUT2D eigenvalue weighted by Crippen LogP contribution is 2.26. The fourth-order valence-corrected chi connectivity index (χ4v) is 2.20. The molecule has 0 amide bonds. The fourth-order valence-electron chi connectivity index (χ4n) is 2.20. The number of para-hydroxylation sites is 2. The van der Waals surface area contributed by atoms with Crippen molar-refractivity contribution in [1.82, 2.24) is 30.8 Å². The van der Waals surface area contributed by atoms with Gasteiger partial charge in [0.1, 0.15) is 11.5 Å². The Labute approximate surface area is 147 Å². The van der Waals surface area contributed by atoms with E-state index in [0.717, 1.165) is 0 Å². The number of hydrogen-bond donors (Lipinski definition) is 2. The summed E-state index contributed by atoms with van der Waals surface area (Å²) in [5.74, 6) is 0.746. The summed E-state index contributed by atoms with van der Waals surface area (Å²) >= 11 is 0. The van der Waals surface area contributed by atoms with Gasteiger partial charge in [-0.15, -0.1) is 10.2 Å². The van der Waals surface area contributed by atoms with Gasteiger partial charge < -0.3 is 9.47 Å². The average molecular weight is 348 g/mol. The lowest BCUT2D eigenvalue weighted by Gasteiger charge is -2.05. The van der Waals surface area contributed by atoms with Crippen LogP contribution in [-0.4, -0.2) is 36.6 Å². The maximum Gasteiger partial charge on any atom is 0.247 e. The Kier molecular flexibility index (Phi) is 4.09. The first kappa shape index (κ1) is 15.5. The van der Waals surface area contributed by atoms with E-state index in [2.05, 4.69) is 30.8 Å². The minimum atomic E-state index is -0.538. The molecule has 0 aliphatic rings. The molecule has 0 atom stereocenters. The molecule has 0 saturated carbocycles. The standard InChI is InChI=1S/C17H12N6O3/c24-15(13-16(20-22-18-13)25-11-7-3-1-4-8-11)14-17(21-23-19-14)26-12-9-5-2-6-10-12/h1-10H,(H,18,20,22)(H,19,21,23).